The Kier molecular flexibility index (Phi) is 4.77. The van der Waals surface area contributed by atoms with Gasteiger partial charge in [0.25, 0.3) is 0 Å². The zero-order chi connectivity index (χ0) is 15.3. The number of pyridine rings is 1. The smallest absolute Gasteiger partial charge is 0.329 e. The molecule has 21 heavy (non-hydrogen) atoms. The molecule has 1 aliphatic carbocycles. The predicted molar refractivity (Wildman–Crippen MR) is 77.8 cm³/mol. The SMILES string of the molecule is CCc1cccnc1CNC(=O)NC1(C(=O)O)CCCC1. The molecular formula is C15H21N3O3. The molecule has 0 spiro atoms. The van der Waals surface area contributed by atoms with E-state index in [-0.39, 0.29) is 0 Å². The number of carboxylic acids is 1. The predicted octanol–water partition coefficient (Wildman–Crippen LogP) is 1.84. The number of nitrogens with one attached hydrogen (secondary N) is 2. The molecular weight excluding hydrogens is 270 g/mol. The third-order valence-electron chi connectivity index (χ3n) is 4.00. The fourth-order valence-electron chi connectivity index (χ4n) is 2.75. The minimum absolute atomic E-state index is 0.297. The lowest BCUT2D eigenvalue weighted by atomic mass is 9.98. The molecule has 6 heteroatoms. The zero-order valence-corrected chi connectivity index (χ0v) is 12.2. The molecule has 2 rings (SSSR count). The Morgan fingerprint density at radius 1 is 1.38 bits per heavy atom. The summed E-state index contributed by atoms with van der Waals surface area (Å²) >= 11 is 0. The Hall–Kier alpha value is -2.11. The standard InChI is InChI=1S/C15H21N3O3/c1-2-11-6-5-9-16-12(11)10-17-14(21)18-15(13(19)20)7-3-4-8-15/h5-6,9H,2-4,7-8,10H2,1H3,(H,19,20)(H2,17,18,21). The largest absolute Gasteiger partial charge is 0.480 e. The fraction of sp³-hybridized carbons (Fsp3) is 0.533. The lowest BCUT2D eigenvalue weighted by molar-refractivity contribution is -0.144. The van der Waals surface area contributed by atoms with Gasteiger partial charge in [0.2, 0.25) is 0 Å². The van der Waals surface area contributed by atoms with Gasteiger partial charge in [-0.15, -0.1) is 0 Å². The Bertz CT molecular complexity index is 525. The molecule has 0 atom stereocenters. The number of aromatic nitrogens is 1. The Labute approximate surface area is 124 Å². The number of rotatable bonds is 5. The number of nitrogens with zero attached hydrogens (tertiary/aromatic N) is 1. The van der Waals surface area contributed by atoms with Gasteiger partial charge in [0.1, 0.15) is 5.54 Å². The van der Waals surface area contributed by atoms with Crippen molar-refractivity contribution >= 4 is 12.0 Å². The quantitative estimate of drug-likeness (QED) is 0.772. The average molecular weight is 291 g/mol. The van der Waals surface area contributed by atoms with Crippen molar-refractivity contribution in [2.24, 2.45) is 0 Å². The number of aliphatic carboxylic acids is 1. The molecule has 1 aliphatic rings. The van der Waals surface area contributed by atoms with Crippen molar-refractivity contribution in [1.29, 1.82) is 0 Å². The minimum Gasteiger partial charge on any atom is -0.480 e. The topological polar surface area (TPSA) is 91.3 Å². The molecule has 114 valence electrons. The molecule has 0 unspecified atom stereocenters. The zero-order valence-electron chi connectivity index (χ0n) is 12.2. The molecule has 1 fully saturated rings. The molecule has 1 aromatic heterocycles. The van der Waals surface area contributed by atoms with E-state index in [1.165, 1.54) is 0 Å². The van der Waals surface area contributed by atoms with Crippen LogP contribution in [0.5, 0.6) is 0 Å². The Balaban J connectivity index is 1.94. The molecule has 1 saturated carbocycles. The van der Waals surface area contributed by atoms with Crippen LogP contribution in [0.2, 0.25) is 0 Å². The van der Waals surface area contributed by atoms with E-state index in [1.54, 1.807) is 6.20 Å². The van der Waals surface area contributed by atoms with Gasteiger partial charge < -0.3 is 15.7 Å². The van der Waals surface area contributed by atoms with Crippen molar-refractivity contribution in [3.63, 3.8) is 0 Å². The highest BCUT2D eigenvalue weighted by molar-refractivity contribution is 5.86. The summed E-state index contributed by atoms with van der Waals surface area (Å²) in [6.45, 7) is 2.32. The molecule has 1 aromatic rings. The number of hydrogen-bond donors (Lipinski definition) is 3. The van der Waals surface area contributed by atoms with E-state index in [0.29, 0.717) is 19.4 Å². The summed E-state index contributed by atoms with van der Waals surface area (Å²) in [5.41, 5.74) is 0.777. The van der Waals surface area contributed by atoms with E-state index in [1.807, 2.05) is 19.1 Å². The van der Waals surface area contributed by atoms with Gasteiger partial charge in [-0.3, -0.25) is 4.98 Å². The first-order valence-electron chi connectivity index (χ1n) is 7.29. The van der Waals surface area contributed by atoms with Crippen LogP contribution in [0, 0.1) is 0 Å². The number of urea groups is 1. The van der Waals surface area contributed by atoms with Gasteiger partial charge in [0.15, 0.2) is 0 Å². The van der Waals surface area contributed by atoms with Gasteiger partial charge in [-0.2, -0.15) is 0 Å². The maximum Gasteiger partial charge on any atom is 0.329 e. The minimum atomic E-state index is -1.11. The van der Waals surface area contributed by atoms with Crippen LogP contribution >= 0.6 is 0 Å². The first kappa shape index (κ1) is 15.3. The third kappa shape index (κ3) is 3.51. The van der Waals surface area contributed by atoms with Crippen molar-refractivity contribution in [2.45, 2.75) is 51.1 Å². The van der Waals surface area contributed by atoms with E-state index in [2.05, 4.69) is 15.6 Å². The van der Waals surface area contributed by atoms with Crippen molar-refractivity contribution in [3.05, 3.63) is 29.6 Å². The lowest BCUT2D eigenvalue weighted by Gasteiger charge is -2.25. The number of amides is 2. The second-order valence-corrected chi connectivity index (χ2v) is 5.36. The van der Waals surface area contributed by atoms with Gasteiger partial charge in [-0.25, -0.2) is 9.59 Å². The number of hydrogen-bond acceptors (Lipinski definition) is 3. The highest BCUT2D eigenvalue weighted by Crippen LogP contribution is 2.29. The molecule has 3 N–H and O–H groups in total. The van der Waals surface area contributed by atoms with Crippen LogP contribution in [0.4, 0.5) is 4.79 Å². The van der Waals surface area contributed by atoms with E-state index < -0.39 is 17.5 Å². The monoisotopic (exact) mass is 291 g/mol. The summed E-state index contributed by atoms with van der Waals surface area (Å²) in [6.07, 6.45) is 5.15. The molecule has 0 saturated heterocycles. The molecule has 1 heterocycles. The summed E-state index contributed by atoms with van der Waals surface area (Å²) in [5.74, 6) is -0.956. The van der Waals surface area contributed by atoms with Crippen LogP contribution in [0.1, 0.15) is 43.9 Å². The van der Waals surface area contributed by atoms with E-state index in [9.17, 15) is 14.7 Å². The number of carbonyl (C=O) groups excluding carboxylic acids is 1. The van der Waals surface area contributed by atoms with Crippen LogP contribution in [-0.4, -0.2) is 27.6 Å². The van der Waals surface area contributed by atoms with Crippen molar-refractivity contribution in [2.75, 3.05) is 0 Å². The summed E-state index contributed by atoms with van der Waals surface area (Å²) in [4.78, 5) is 27.6. The highest BCUT2D eigenvalue weighted by Gasteiger charge is 2.42. The number of carboxylic acid groups (broad SMARTS) is 1. The molecule has 2 amide bonds. The van der Waals surface area contributed by atoms with Gasteiger partial charge in [-0.1, -0.05) is 25.8 Å². The molecule has 0 radical (unpaired) electrons. The number of carbonyl (C=O) groups is 2. The number of aryl methyl sites for hydroxylation is 1. The second-order valence-electron chi connectivity index (χ2n) is 5.36. The van der Waals surface area contributed by atoms with Crippen LogP contribution in [0.3, 0.4) is 0 Å². The van der Waals surface area contributed by atoms with Crippen LogP contribution in [0.15, 0.2) is 18.3 Å². The Morgan fingerprint density at radius 2 is 2.10 bits per heavy atom. The fourth-order valence-corrected chi connectivity index (χ4v) is 2.75. The van der Waals surface area contributed by atoms with E-state index >= 15 is 0 Å². The molecule has 0 aliphatic heterocycles. The van der Waals surface area contributed by atoms with Crippen LogP contribution < -0.4 is 10.6 Å². The maximum absolute atomic E-state index is 12.0. The van der Waals surface area contributed by atoms with Gasteiger partial charge >= 0.3 is 12.0 Å². The van der Waals surface area contributed by atoms with Gasteiger partial charge in [0, 0.05) is 6.20 Å². The Morgan fingerprint density at radius 3 is 2.71 bits per heavy atom. The molecule has 0 bridgehead atoms. The lowest BCUT2D eigenvalue weighted by Crippen LogP contribution is -2.55. The van der Waals surface area contributed by atoms with Crippen LogP contribution in [-0.2, 0) is 17.8 Å². The first-order chi connectivity index (χ1) is 10.1. The summed E-state index contributed by atoms with van der Waals surface area (Å²) in [7, 11) is 0. The highest BCUT2D eigenvalue weighted by atomic mass is 16.4. The van der Waals surface area contributed by atoms with Gasteiger partial charge in [0.05, 0.1) is 12.2 Å². The maximum atomic E-state index is 12.0. The molecule has 6 nitrogen and oxygen atoms in total. The van der Waals surface area contributed by atoms with E-state index in [0.717, 1.165) is 30.5 Å². The normalized spacial score (nSPS) is 16.4. The molecule has 0 aromatic carbocycles. The van der Waals surface area contributed by atoms with Gasteiger partial charge in [-0.05, 0) is 30.9 Å². The summed E-state index contributed by atoms with van der Waals surface area (Å²) < 4.78 is 0. The third-order valence-corrected chi connectivity index (χ3v) is 4.00. The second kappa shape index (κ2) is 6.56. The van der Waals surface area contributed by atoms with Crippen molar-refractivity contribution in [1.82, 2.24) is 15.6 Å². The van der Waals surface area contributed by atoms with Crippen LogP contribution in [0.25, 0.3) is 0 Å². The first-order valence-corrected chi connectivity index (χ1v) is 7.29. The summed E-state index contributed by atoms with van der Waals surface area (Å²) in [6, 6.07) is 3.38. The van der Waals surface area contributed by atoms with E-state index in [4.69, 9.17) is 0 Å². The summed E-state index contributed by atoms with van der Waals surface area (Å²) in [5, 5.41) is 14.7. The van der Waals surface area contributed by atoms with Crippen molar-refractivity contribution in [3.8, 4) is 0 Å². The average Bonchev–Trinajstić information content (AvgIpc) is 2.95. The van der Waals surface area contributed by atoms with Crippen molar-refractivity contribution < 1.29 is 14.7 Å².